The second-order valence-corrected chi connectivity index (χ2v) is 4.63. The molecular formula is C13H16N2O3. The third-order valence-corrected chi connectivity index (χ3v) is 3.21. The summed E-state index contributed by atoms with van der Waals surface area (Å²) in [6.45, 7) is 1.22. The summed E-state index contributed by atoms with van der Waals surface area (Å²) in [6.07, 6.45) is 4.61. The monoisotopic (exact) mass is 248 g/mol. The molecule has 5 nitrogen and oxygen atoms in total. The summed E-state index contributed by atoms with van der Waals surface area (Å²) in [4.78, 5) is 28.2. The van der Waals surface area contributed by atoms with E-state index in [4.69, 9.17) is 5.11 Å². The fourth-order valence-corrected chi connectivity index (χ4v) is 2.24. The number of nitrogens with zero attached hydrogens (tertiary/aromatic N) is 2. The van der Waals surface area contributed by atoms with E-state index in [0.29, 0.717) is 19.5 Å². The predicted molar refractivity (Wildman–Crippen MR) is 64.6 cm³/mol. The van der Waals surface area contributed by atoms with Gasteiger partial charge in [-0.25, -0.2) is 0 Å². The molecule has 0 aliphatic carbocycles. The first kappa shape index (κ1) is 12.5. The second-order valence-electron chi connectivity index (χ2n) is 4.63. The number of hydrogen-bond donors (Lipinski definition) is 1. The molecule has 0 saturated carbocycles. The molecule has 0 spiro atoms. The molecule has 1 fully saturated rings. The normalized spacial score (nSPS) is 19.9. The maximum atomic E-state index is 11.9. The van der Waals surface area contributed by atoms with Crippen molar-refractivity contribution in [3.63, 3.8) is 0 Å². The van der Waals surface area contributed by atoms with Crippen LogP contribution in [0, 0.1) is 5.92 Å². The second kappa shape index (κ2) is 5.62. The van der Waals surface area contributed by atoms with Crippen LogP contribution in [0.5, 0.6) is 0 Å². The van der Waals surface area contributed by atoms with Crippen LogP contribution in [0.1, 0.15) is 24.8 Å². The molecule has 2 heterocycles. The standard InChI is InChI=1S/C13H16N2O3/c16-12-7-11(8-13(17)18)3-6-15(12)9-10-1-4-14-5-2-10/h1-2,4-5,11H,3,6-9H2,(H,17,18). The Hall–Kier alpha value is -1.91. The van der Waals surface area contributed by atoms with Crippen molar-refractivity contribution in [1.29, 1.82) is 0 Å². The van der Waals surface area contributed by atoms with Crippen LogP contribution >= 0.6 is 0 Å². The minimum Gasteiger partial charge on any atom is -0.481 e. The highest BCUT2D eigenvalue weighted by Crippen LogP contribution is 2.22. The first-order valence-corrected chi connectivity index (χ1v) is 6.03. The zero-order chi connectivity index (χ0) is 13.0. The van der Waals surface area contributed by atoms with Crippen molar-refractivity contribution in [2.75, 3.05) is 6.54 Å². The highest BCUT2D eigenvalue weighted by molar-refractivity contribution is 5.78. The van der Waals surface area contributed by atoms with Crippen molar-refractivity contribution in [1.82, 2.24) is 9.88 Å². The van der Waals surface area contributed by atoms with Crippen LogP contribution in [0.2, 0.25) is 0 Å². The van der Waals surface area contributed by atoms with Gasteiger partial charge in [-0.15, -0.1) is 0 Å². The summed E-state index contributed by atoms with van der Waals surface area (Å²) in [6, 6.07) is 3.77. The van der Waals surface area contributed by atoms with Crippen LogP contribution in [0.4, 0.5) is 0 Å². The molecular weight excluding hydrogens is 232 g/mol. The molecule has 1 amide bonds. The molecule has 1 aliphatic rings. The van der Waals surface area contributed by atoms with Gasteiger partial charge in [-0.1, -0.05) is 0 Å². The van der Waals surface area contributed by atoms with Gasteiger partial charge >= 0.3 is 5.97 Å². The number of carbonyl (C=O) groups is 2. The van der Waals surface area contributed by atoms with E-state index < -0.39 is 5.97 Å². The van der Waals surface area contributed by atoms with Crippen molar-refractivity contribution in [3.8, 4) is 0 Å². The topological polar surface area (TPSA) is 70.5 Å². The fraction of sp³-hybridized carbons (Fsp3) is 0.462. The van der Waals surface area contributed by atoms with Crippen LogP contribution in [0.25, 0.3) is 0 Å². The van der Waals surface area contributed by atoms with Gasteiger partial charge in [0.1, 0.15) is 0 Å². The lowest BCUT2D eigenvalue weighted by Gasteiger charge is -2.31. The Balaban J connectivity index is 1.90. The van der Waals surface area contributed by atoms with E-state index in [1.165, 1.54) is 0 Å². The molecule has 1 saturated heterocycles. The molecule has 18 heavy (non-hydrogen) atoms. The van der Waals surface area contributed by atoms with Gasteiger partial charge in [0.2, 0.25) is 5.91 Å². The maximum Gasteiger partial charge on any atom is 0.303 e. The summed E-state index contributed by atoms with van der Waals surface area (Å²) in [5, 5.41) is 8.72. The van der Waals surface area contributed by atoms with E-state index in [0.717, 1.165) is 12.0 Å². The van der Waals surface area contributed by atoms with Crippen LogP contribution in [-0.4, -0.2) is 33.4 Å². The number of aromatic nitrogens is 1. The fourth-order valence-electron chi connectivity index (χ4n) is 2.24. The molecule has 1 aromatic rings. The lowest BCUT2D eigenvalue weighted by atomic mass is 9.93. The van der Waals surface area contributed by atoms with Gasteiger partial charge < -0.3 is 10.0 Å². The average molecular weight is 248 g/mol. The molecule has 1 aliphatic heterocycles. The highest BCUT2D eigenvalue weighted by atomic mass is 16.4. The predicted octanol–water partition coefficient (Wildman–Crippen LogP) is 1.29. The van der Waals surface area contributed by atoms with E-state index in [1.54, 1.807) is 17.3 Å². The molecule has 1 N–H and O–H groups in total. The van der Waals surface area contributed by atoms with Gasteiger partial charge in [0.05, 0.1) is 0 Å². The Labute approximate surface area is 105 Å². The van der Waals surface area contributed by atoms with Gasteiger partial charge in [-0.3, -0.25) is 14.6 Å². The number of amides is 1. The largest absolute Gasteiger partial charge is 0.481 e. The van der Waals surface area contributed by atoms with Crippen molar-refractivity contribution in [3.05, 3.63) is 30.1 Å². The molecule has 1 unspecified atom stereocenters. The molecule has 5 heteroatoms. The zero-order valence-corrected chi connectivity index (χ0v) is 10.1. The van der Waals surface area contributed by atoms with Crippen molar-refractivity contribution < 1.29 is 14.7 Å². The molecule has 96 valence electrons. The first-order chi connectivity index (χ1) is 8.65. The smallest absolute Gasteiger partial charge is 0.303 e. The zero-order valence-electron chi connectivity index (χ0n) is 10.1. The number of rotatable bonds is 4. The third kappa shape index (κ3) is 3.29. The summed E-state index contributed by atoms with van der Waals surface area (Å²) < 4.78 is 0. The van der Waals surface area contributed by atoms with E-state index in [-0.39, 0.29) is 18.2 Å². The maximum absolute atomic E-state index is 11.9. The number of hydrogen-bond acceptors (Lipinski definition) is 3. The van der Waals surface area contributed by atoms with Gasteiger partial charge in [0, 0.05) is 38.3 Å². The van der Waals surface area contributed by atoms with E-state index in [9.17, 15) is 9.59 Å². The van der Waals surface area contributed by atoms with Crippen molar-refractivity contribution >= 4 is 11.9 Å². The Morgan fingerprint density at radius 1 is 1.44 bits per heavy atom. The summed E-state index contributed by atoms with van der Waals surface area (Å²) in [5.74, 6) is -0.789. The van der Waals surface area contributed by atoms with Crippen molar-refractivity contribution in [2.24, 2.45) is 5.92 Å². The number of pyridine rings is 1. The molecule has 1 atom stereocenters. The number of likely N-dealkylation sites (tertiary alicyclic amines) is 1. The molecule has 0 aromatic carbocycles. The van der Waals surface area contributed by atoms with Gasteiger partial charge in [0.25, 0.3) is 0 Å². The van der Waals surface area contributed by atoms with E-state index >= 15 is 0 Å². The van der Waals surface area contributed by atoms with E-state index in [2.05, 4.69) is 4.98 Å². The first-order valence-electron chi connectivity index (χ1n) is 6.03. The quantitative estimate of drug-likeness (QED) is 0.871. The summed E-state index contributed by atoms with van der Waals surface area (Å²) in [5.41, 5.74) is 1.05. The van der Waals surface area contributed by atoms with Crippen LogP contribution in [-0.2, 0) is 16.1 Å². The molecule has 0 radical (unpaired) electrons. The Morgan fingerprint density at radius 3 is 2.78 bits per heavy atom. The lowest BCUT2D eigenvalue weighted by molar-refractivity contribution is -0.140. The van der Waals surface area contributed by atoms with Crippen LogP contribution in [0.3, 0.4) is 0 Å². The lowest BCUT2D eigenvalue weighted by Crippen LogP contribution is -2.38. The molecule has 2 rings (SSSR count). The van der Waals surface area contributed by atoms with Gasteiger partial charge in [-0.05, 0) is 30.0 Å². The SMILES string of the molecule is O=C(O)CC1CCN(Cc2ccncc2)C(=O)C1. The molecule has 0 bridgehead atoms. The number of carboxylic acid groups (broad SMARTS) is 1. The Morgan fingerprint density at radius 2 is 2.17 bits per heavy atom. The number of aliphatic carboxylic acids is 1. The summed E-state index contributed by atoms with van der Waals surface area (Å²) >= 11 is 0. The number of carbonyl (C=O) groups excluding carboxylic acids is 1. The molecule has 1 aromatic heterocycles. The highest BCUT2D eigenvalue weighted by Gasteiger charge is 2.27. The van der Waals surface area contributed by atoms with Gasteiger partial charge in [0.15, 0.2) is 0 Å². The third-order valence-electron chi connectivity index (χ3n) is 3.21. The minimum absolute atomic E-state index is 0.0105. The van der Waals surface area contributed by atoms with E-state index in [1.807, 2.05) is 12.1 Å². The van der Waals surface area contributed by atoms with Gasteiger partial charge in [-0.2, -0.15) is 0 Å². The van der Waals surface area contributed by atoms with Crippen molar-refractivity contribution in [2.45, 2.75) is 25.8 Å². The minimum atomic E-state index is -0.824. The summed E-state index contributed by atoms with van der Waals surface area (Å²) in [7, 11) is 0. The van der Waals surface area contributed by atoms with Crippen LogP contribution < -0.4 is 0 Å². The Kier molecular flexibility index (Phi) is 3.92. The average Bonchev–Trinajstić information content (AvgIpc) is 2.33. The Bertz CT molecular complexity index is 433. The number of piperidine rings is 1. The van der Waals surface area contributed by atoms with Crippen LogP contribution in [0.15, 0.2) is 24.5 Å². The number of carboxylic acids is 1.